The highest BCUT2D eigenvalue weighted by Crippen LogP contribution is 2.40. The number of amides is 1. The maximum atomic E-state index is 12.5. The summed E-state index contributed by atoms with van der Waals surface area (Å²) in [6.45, 7) is 6.05. The molecule has 3 N–H and O–H groups in total. The second kappa shape index (κ2) is 10.2. The van der Waals surface area contributed by atoms with Gasteiger partial charge in [0, 0.05) is 18.4 Å². The quantitative estimate of drug-likeness (QED) is 0.362. The summed E-state index contributed by atoms with van der Waals surface area (Å²) in [6.07, 6.45) is 5.64. The van der Waals surface area contributed by atoms with E-state index < -0.39 is 5.41 Å². The standard InChI is InChI=1S/C28H32BrN5O2/c1-28(2)25-17(6-4-8-23(25)32-26(28)35)9-11-21-20(29)16-31-27(33-21)34-22-12-10-18(14-24(22)36-3)19-7-5-13-30-15-19/h4,6,8,10,12,14,16,19,30H,5,7,9,11,13,15H2,1-3H3,(H,32,35)(H,31,33,34). The first-order valence-electron chi connectivity index (χ1n) is 12.5. The van der Waals surface area contributed by atoms with E-state index in [1.807, 2.05) is 32.0 Å². The van der Waals surface area contributed by atoms with Gasteiger partial charge in [0.25, 0.3) is 0 Å². The molecular weight excluding hydrogens is 518 g/mol. The Hall–Kier alpha value is -2.97. The van der Waals surface area contributed by atoms with Crippen molar-refractivity contribution >= 4 is 39.2 Å². The van der Waals surface area contributed by atoms with Gasteiger partial charge in [-0.2, -0.15) is 0 Å². The Balaban J connectivity index is 1.34. The number of halogens is 1. The first-order valence-corrected chi connectivity index (χ1v) is 13.3. The number of nitrogens with one attached hydrogen (secondary N) is 3. The summed E-state index contributed by atoms with van der Waals surface area (Å²) in [5, 5.41) is 9.83. The van der Waals surface area contributed by atoms with Crippen LogP contribution in [0.2, 0.25) is 0 Å². The molecule has 0 saturated carbocycles. The van der Waals surface area contributed by atoms with Crippen molar-refractivity contribution in [2.45, 2.75) is 50.9 Å². The van der Waals surface area contributed by atoms with Crippen LogP contribution in [-0.4, -0.2) is 36.1 Å². The van der Waals surface area contributed by atoms with Crippen molar-refractivity contribution < 1.29 is 9.53 Å². The predicted molar refractivity (Wildman–Crippen MR) is 146 cm³/mol. The Morgan fingerprint density at radius 2 is 2.08 bits per heavy atom. The number of hydrogen-bond acceptors (Lipinski definition) is 6. The number of aromatic nitrogens is 2. The number of ether oxygens (including phenoxy) is 1. The lowest BCUT2D eigenvalue weighted by atomic mass is 9.82. The first kappa shape index (κ1) is 24.7. The van der Waals surface area contributed by atoms with Gasteiger partial charge in [0.2, 0.25) is 11.9 Å². The van der Waals surface area contributed by atoms with Crippen molar-refractivity contribution in [3.63, 3.8) is 0 Å². The van der Waals surface area contributed by atoms with Crippen molar-refractivity contribution in [2.24, 2.45) is 0 Å². The van der Waals surface area contributed by atoms with Gasteiger partial charge < -0.3 is 20.7 Å². The molecule has 1 atom stereocenters. The van der Waals surface area contributed by atoms with Crippen molar-refractivity contribution in [1.29, 1.82) is 0 Å². The Morgan fingerprint density at radius 1 is 1.22 bits per heavy atom. The molecular formula is C28H32BrN5O2. The lowest BCUT2D eigenvalue weighted by Gasteiger charge is -2.24. The lowest BCUT2D eigenvalue weighted by molar-refractivity contribution is -0.119. The second-order valence-electron chi connectivity index (χ2n) is 10.0. The fourth-order valence-electron chi connectivity index (χ4n) is 5.26. The molecule has 8 heteroatoms. The minimum absolute atomic E-state index is 0.0411. The number of methoxy groups -OCH3 is 1. The highest BCUT2D eigenvalue weighted by atomic mass is 79.9. The monoisotopic (exact) mass is 549 g/mol. The minimum Gasteiger partial charge on any atom is -0.495 e. The summed E-state index contributed by atoms with van der Waals surface area (Å²) in [7, 11) is 1.69. The third kappa shape index (κ3) is 4.84. The Morgan fingerprint density at radius 3 is 2.86 bits per heavy atom. The molecule has 5 rings (SSSR count). The highest BCUT2D eigenvalue weighted by molar-refractivity contribution is 9.10. The topological polar surface area (TPSA) is 88.2 Å². The van der Waals surface area contributed by atoms with Crippen molar-refractivity contribution in [2.75, 3.05) is 30.8 Å². The normalized spacial score (nSPS) is 18.4. The summed E-state index contributed by atoms with van der Waals surface area (Å²) in [4.78, 5) is 21.7. The number of benzene rings is 2. The van der Waals surface area contributed by atoms with Crippen LogP contribution in [0.4, 0.5) is 17.3 Å². The highest BCUT2D eigenvalue weighted by Gasteiger charge is 2.39. The van der Waals surface area contributed by atoms with E-state index in [9.17, 15) is 4.79 Å². The van der Waals surface area contributed by atoms with Gasteiger partial charge >= 0.3 is 0 Å². The van der Waals surface area contributed by atoms with E-state index in [1.54, 1.807) is 13.3 Å². The molecule has 7 nitrogen and oxygen atoms in total. The molecule has 1 fully saturated rings. The van der Waals surface area contributed by atoms with E-state index in [-0.39, 0.29) is 5.91 Å². The molecule has 3 aromatic rings. The molecule has 36 heavy (non-hydrogen) atoms. The van der Waals surface area contributed by atoms with E-state index in [0.717, 1.165) is 57.9 Å². The molecule has 1 amide bonds. The van der Waals surface area contributed by atoms with Gasteiger partial charge in [-0.25, -0.2) is 9.97 Å². The molecule has 1 saturated heterocycles. The lowest BCUT2D eigenvalue weighted by Crippen LogP contribution is -2.28. The van der Waals surface area contributed by atoms with E-state index in [2.05, 4.69) is 55.1 Å². The fourth-order valence-corrected chi connectivity index (χ4v) is 5.64. The summed E-state index contributed by atoms with van der Waals surface area (Å²) < 4.78 is 6.56. The summed E-state index contributed by atoms with van der Waals surface area (Å²) in [5.74, 6) is 1.85. The zero-order chi connectivity index (χ0) is 25.3. The fraction of sp³-hybridized carbons (Fsp3) is 0.393. The van der Waals surface area contributed by atoms with Gasteiger partial charge in [0.15, 0.2) is 0 Å². The van der Waals surface area contributed by atoms with Gasteiger partial charge in [0.1, 0.15) is 5.75 Å². The van der Waals surface area contributed by atoms with Crippen molar-refractivity contribution in [3.05, 3.63) is 69.5 Å². The third-order valence-corrected chi connectivity index (χ3v) is 7.94. The summed E-state index contributed by atoms with van der Waals surface area (Å²) >= 11 is 3.62. The van der Waals surface area contributed by atoms with Crippen LogP contribution in [0.5, 0.6) is 5.75 Å². The average Bonchev–Trinajstić information content (AvgIpc) is 3.13. The van der Waals surface area contributed by atoms with Gasteiger partial charge in [0.05, 0.1) is 28.4 Å². The van der Waals surface area contributed by atoms with Crippen LogP contribution in [0, 0.1) is 0 Å². The summed E-state index contributed by atoms with van der Waals surface area (Å²) in [5.41, 5.74) is 5.63. The number of carbonyl (C=O) groups is 1. The Labute approximate surface area is 220 Å². The van der Waals surface area contributed by atoms with Gasteiger partial charge in [-0.3, -0.25) is 4.79 Å². The maximum Gasteiger partial charge on any atom is 0.234 e. The molecule has 0 aliphatic carbocycles. The van der Waals surface area contributed by atoms with Crippen LogP contribution in [0.25, 0.3) is 0 Å². The molecule has 1 unspecified atom stereocenters. The number of rotatable bonds is 7. The third-order valence-electron chi connectivity index (χ3n) is 7.28. The van der Waals surface area contributed by atoms with E-state index >= 15 is 0 Å². The number of hydrogen-bond donors (Lipinski definition) is 3. The molecule has 0 radical (unpaired) electrons. The van der Waals surface area contributed by atoms with E-state index in [4.69, 9.17) is 9.72 Å². The van der Waals surface area contributed by atoms with Crippen LogP contribution in [0.15, 0.2) is 47.1 Å². The first-order chi connectivity index (χ1) is 17.4. The number of aryl methyl sites for hydroxylation is 2. The van der Waals surface area contributed by atoms with Gasteiger partial charge in [-0.05, 0) is 103 Å². The number of carbonyl (C=O) groups excluding carboxylic acids is 1. The predicted octanol–water partition coefficient (Wildman–Crippen LogP) is 5.47. The van der Waals surface area contributed by atoms with Crippen LogP contribution < -0.4 is 20.7 Å². The molecule has 0 bridgehead atoms. The number of nitrogens with zero attached hydrogens (tertiary/aromatic N) is 2. The summed E-state index contributed by atoms with van der Waals surface area (Å²) in [6, 6.07) is 12.4. The maximum absolute atomic E-state index is 12.5. The molecule has 3 heterocycles. The van der Waals surface area contributed by atoms with Crippen molar-refractivity contribution in [3.8, 4) is 5.75 Å². The number of fused-ring (bicyclic) bond motifs is 1. The molecule has 1 aromatic heterocycles. The molecule has 0 spiro atoms. The number of anilines is 3. The van der Waals surface area contributed by atoms with Crippen molar-refractivity contribution in [1.82, 2.24) is 15.3 Å². The van der Waals surface area contributed by atoms with E-state index in [1.165, 1.54) is 18.4 Å². The zero-order valence-corrected chi connectivity index (χ0v) is 22.5. The average molecular weight is 551 g/mol. The molecule has 2 aliphatic rings. The van der Waals surface area contributed by atoms with Gasteiger partial charge in [-0.15, -0.1) is 0 Å². The molecule has 2 aliphatic heterocycles. The zero-order valence-electron chi connectivity index (χ0n) is 21.0. The molecule has 2 aromatic carbocycles. The van der Waals surface area contributed by atoms with Gasteiger partial charge in [-0.1, -0.05) is 18.2 Å². The van der Waals surface area contributed by atoms with Crippen LogP contribution in [0.1, 0.15) is 55.0 Å². The smallest absolute Gasteiger partial charge is 0.234 e. The van der Waals surface area contributed by atoms with E-state index in [0.29, 0.717) is 18.3 Å². The SMILES string of the molecule is COc1cc(C2CCCNC2)ccc1Nc1ncc(Br)c(CCc2cccc3c2C(C)(C)C(=O)N3)n1. The van der Waals surface area contributed by atoms with Crippen LogP contribution in [-0.2, 0) is 23.1 Å². The second-order valence-corrected chi connectivity index (χ2v) is 10.9. The molecule has 188 valence electrons. The van der Waals surface area contributed by atoms with Crippen LogP contribution in [0.3, 0.4) is 0 Å². The minimum atomic E-state index is -0.544. The Bertz CT molecular complexity index is 1290. The number of piperidine rings is 1. The largest absolute Gasteiger partial charge is 0.495 e. The Kier molecular flexibility index (Phi) is 6.99. The van der Waals surface area contributed by atoms with Crippen LogP contribution >= 0.6 is 15.9 Å².